The fourth-order valence-electron chi connectivity index (χ4n) is 2.59. The third-order valence-corrected chi connectivity index (χ3v) is 5.11. The minimum absolute atomic E-state index is 0.190. The zero-order valence-electron chi connectivity index (χ0n) is 13.8. The fourth-order valence-corrected chi connectivity index (χ4v) is 3.83. The largest absolute Gasteiger partial charge is 0.351 e. The van der Waals surface area contributed by atoms with E-state index >= 15 is 0 Å². The van der Waals surface area contributed by atoms with E-state index < -0.39 is 0 Å². The normalized spacial score (nSPS) is 11.0. The van der Waals surface area contributed by atoms with Crippen molar-refractivity contribution in [1.29, 1.82) is 0 Å². The number of benzene rings is 2. The number of hydrogen-bond donors (Lipinski definition) is 0. The van der Waals surface area contributed by atoms with E-state index in [1.165, 1.54) is 11.3 Å². The van der Waals surface area contributed by atoms with Gasteiger partial charge in [-0.3, -0.25) is 9.69 Å². The second-order valence-corrected chi connectivity index (χ2v) is 7.26. The van der Waals surface area contributed by atoms with Crippen LogP contribution in [0.3, 0.4) is 0 Å². The lowest BCUT2D eigenvalue weighted by molar-refractivity contribution is 0.0949. The van der Waals surface area contributed by atoms with Crippen LogP contribution in [0.5, 0.6) is 0 Å². The maximum atomic E-state index is 13.0. The van der Waals surface area contributed by atoms with Gasteiger partial charge in [0.1, 0.15) is 0 Å². The molecule has 2 aromatic carbocycles. The number of nitrogens with zero attached hydrogens (tertiary/aromatic N) is 3. The first-order chi connectivity index (χ1) is 12.6. The Morgan fingerprint density at radius 1 is 1.19 bits per heavy atom. The molecule has 0 aliphatic heterocycles. The Labute approximate surface area is 158 Å². The van der Waals surface area contributed by atoms with Crippen LogP contribution in [0.1, 0.15) is 21.8 Å². The average Bonchev–Trinajstić information content (AvgIpc) is 3.25. The molecule has 0 N–H and O–H groups in total. The Kier molecular flexibility index (Phi) is 4.44. The van der Waals surface area contributed by atoms with Crippen molar-refractivity contribution in [1.82, 2.24) is 10.1 Å². The van der Waals surface area contributed by atoms with Crippen LogP contribution in [0.25, 0.3) is 10.2 Å². The van der Waals surface area contributed by atoms with Gasteiger partial charge in [-0.05, 0) is 30.7 Å². The molecule has 0 atom stereocenters. The molecule has 0 saturated heterocycles. The number of carbonyl (C=O) groups excluding carboxylic acids is 1. The quantitative estimate of drug-likeness (QED) is 0.492. The molecule has 2 aromatic heterocycles. The molecule has 0 aliphatic rings. The summed E-state index contributed by atoms with van der Waals surface area (Å²) in [5.74, 6) is -0.0877. The predicted molar refractivity (Wildman–Crippen MR) is 103 cm³/mol. The molecule has 4 rings (SSSR count). The van der Waals surface area contributed by atoms with Crippen LogP contribution < -0.4 is 4.90 Å². The number of anilines is 1. The summed E-state index contributed by atoms with van der Waals surface area (Å²) in [6.45, 7) is 2.16. The van der Waals surface area contributed by atoms with Crippen molar-refractivity contribution in [2.45, 2.75) is 13.5 Å². The first-order valence-corrected chi connectivity index (χ1v) is 9.15. The molecule has 0 aliphatic carbocycles. The van der Waals surface area contributed by atoms with Crippen LogP contribution in [0.4, 0.5) is 5.13 Å². The number of hydrogen-bond acceptors (Lipinski definition) is 5. The van der Waals surface area contributed by atoms with Gasteiger partial charge in [-0.2, -0.15) is 0 Å². The monoisotopic (exact) mass is 383 g/mol. The first-order valence-electron chi connectivity index (χ1n) is 7.95. The zero-order valence-corrected chi connectivity index (χ0v) is 15.4. The third-order valence-electron chi connectivity index (χ3n) is 3.84. The van der Waals surface area contributed by atoms with Gasteiger partial charge in [0, 0.05) is 11.1 Å². The molecule has 0 spiro atoms. The summed E-state index contributed by atoms with van der Waals surface area (Å²) in [6.07, 6.45) is 0. The Balaban J connectivity index is 1.76. The molecule has 1 amide bonds. The molecule has 7 heteroatoms. The second kappa shape index (κ2) is 6.90. The van der Waals surface area contributed by atoms with Crippen molar-refractivity contribution < 1.29 is 9.32 Å². The lowest BCUT2D eigenvalue weighted by Crippen LogP contribution is -2.30. The predicted octanol–water partition coefficient (Wildman–Crippen LogP) is 5.09. The summed E-state index contributed by atoms with van der Waals surface area (Å²) in [5.41, 5.74) is 2.45. The van der Waals surface area contributed by atoms with E-state index in [-0.39, 0.29) is 11.7 Å². The molecule has 0 unspecified atom stereocenters. The van der Waals surface area contributed by atoms with Crippen LogP contribution >= 0.6 is 22.9 Å². The minimum atomic E-state index is -0.278. The van der Waals surface area contributed by atoms with Gasteiger partial charge >= 0.3 is 0 Å². The minimum Gasteiger partial charge on any atom is -0.351 e. The van der Waals surface area contributed by atoms with Gasteiger partial charge in [-0.15, -0.1) is 0 Å². The molecule has 5 nitrogen and oxygen atoms in total. The maximum absolute atomic E-state index is 13.0. The highest BCUT2D eigenvalue weighted by Gasteiger charge is 2.25. The summed E-state index contributed by atoms with van der Waals surface area (Å²) in [5, 5.41) is 5.04. The first kappa shape index (κ1) is 16.8. The lowest BCUT2D eigenvalue weighted by Gasteiger charge is -2.18. The SMILES string of the molecule is Cc1cc(C(=O)N(Cc2ccccc2)c2nc3ccc(Cl)cc3s2)on1. The lowest BCUT2D eigenvalue weighted by atomic mass is 10.2. The zero-order chi connectivity index (χ0) is 18.1. The number of aromatic nitrogens is 2. The van der Waals surface area contributed by atoms with Gasteiger partial charge in [-0.1, -0.05) is 58.4 Å². The van der Waals surface area contributed by atoms with Crippen molar-refractivity contribution in [3.05, 3.63) is 76.6 Å². The molecular formula is C19H14ClN3O2S. The van der Waals surface area contributed by atoms with Crippen LogP contribution in [-0.4, -0.2) is 16.0 Å². The van der Waals surface area contributed by atoms with Crippen molar-refractivity contribution in [2.75, 3.05) is 4.90 Å². The maximum Gasteiger partial charge on any atom is 0.298 e. The van der Waals surface area contributed by atoms with E-state index in [0.717, 1.165) is 15.8 Å². The van der Waals surface area contributed by atoms with E-state index in [9.17, 15) is 4.79 Å². The summed E-state index contributed by atoms with van der Waals surface area (Å²) in [7, 11) is 0. The van der Waals surface area contributed by atoms with E-state index in [2.05, 4.69) is 10.1 Å². The van der Waals surface area contributed by atoms with Crippen LogP contribution in [0.2, 0.25) is 5.02 Å². The highest BCUT2D eigenvalue weighted by atomic mass is 35.5. The Hall–Kier alpha value is -2.70. The molecule has 2 heterocycles. The van der Waals surface area contributed by atoms with Gasteiger partial charge in [0.25, 0.3) is 5.91 Å². The number of carbonyl (C=O) groups is 1. The van der Waals surface area contributed by atoms with Gasteiger partial charge in [-0.25, -0.2) is 4.98 Å². The highest BCUT2D eigenvalue weighted by molar-refractivity contribution is 7.22. The van der Waals surface area contributed by atoms with E-state index in [1.807, 2.05) is 42.5 Å². The number of amides is 1. The smallest absolute Gasteiger partial charge is 0.298 e. The molecular weight excluding hydrogens is 370 g/mol. The molecule has 0 saturated carbocycles. The number of fused-ring (bicyclic) bond motifs is 1. The van der Waals surface area contributed by atoms with Crippen molar-refractivity contribution in [3.8, 4) is 0 Å². The second-order valence-electron chi connectivity index (χ2n) is 5.82. The Morgan fingerprint density at radius 3 is 2.73 bits per heavy atom. The van der Waals surface area contributed by atoms with Crippen molar-refractivity contribution in [2.24, 2.45) is 0 Å². The van der Waals surface area contributed by atoms with Gasteiger partial charge < -0.3 is 4.52 Å². The molecule has 26 heavy (non-hydrogen) atoms. The van der Waals surface area contributed by atoms with Gasteiger partial charge in [0.05, 0.1) is 22.5 Å². The molecule has 0 bridgehead atoms. The van der Waals surface area contributed by atoms with E-state index in [1.54, 1.807) is 24.0 Å². The number of halogens is 1. The van der Waals surface area contributed by atoms with Crippen LogP contribution in [-0.2, 0) is 6.54 Å². The molecule has 0 radical (unpaired) electrons. The van der Waals surface area contributed by atoms with Crippen LogP contribution in [0.15, 0.2) is 59.1 Å². The number of rotatable bonds is 4. The molecule has 4 aromatic rings. The Bertz CT molecular complexity index is 1070. The van der Waals surface area contributed by atoms with Gasteiger partial charge in [0.2, 0.25) is 5.76 Å². The summed E-state index contributed by atoms with van der Waals surface area (Å²) in [4.78, 5) is 19.3. The molecule has 130 valence electrons. The number of aryl methyl sites for hydroxylation is 1. The van der Waals surface area contributed by atoms with Crippen molar-refractivity contribution in [3.63, 3.8) is 0 Å². The van der Waals surface area contributed by atoms with E-state index in [0.29, 0.717) is 22.4 Å². The third kappa shape index (κ3) is 3.34. The summed E-state index contributed by atoms with van der Waals surface area (Å²) in [6, 6.07) is 16.9. The number of thiazole rings is 1. The summed E-state index contributed by atoms with van der Waals surface area (Å²) >= 11 is 7.49. The summed E-state index contributed by atoms with van der Waals surface area (Å²) < 4.78 is 6.10. The average molecular weight is 384 g/mol. The highest BCUT2D eigenvalue weighted by Crippen LogP contribution is 2.32. The fraction of sp³-hybridized carbons (Fsp3) is 0.105. The van der Waals surface area contributed by atoms with E-state index in [4.69, 9.17) is 16.1 Å². The van der Waals surface area contributed by atoms with Gasteiger partial charge in [0.15, 0.2) is 5.13 Å². The van der Waals surface area contributed by atoms with Crippen molar-refractivity contribution >= 4 is 44.2 Å². The van der Waals surface area contributed by atoms with Crippen LogP contribution in [0, 0.1) is 6.92 Å². The molecule has 0 fully saturated rings. The topological polar surface area (TPSA) is 59.2 Å². The Morgan fingerprint density at radius 2 is 2.00 bits per heavy atom. The standard InChI is InChI=1S/C19H14ClN3O2S/c1-12-9-16(25-22-12)18(24)23(11-13-5-3-2-4-6-13)19-21-15-8-7-14(20)10-17(15)26-19/h2-10H,11H2,1H3.